The molecule has 0 spiro atoms. The predicted molar refractivity (Wildman–Crippen MR) is 135 cm³/mol. The molecule has 3 rings (SSSR count). The molecule has 4 atom stereocenters. The van der Waals surface area contributed by atoms with Crippen LogP contribution in [0.25, 0.3) is 0 Å². The highest BCUT2D eigenvalue weighted by Crippen LogP contribution is 2.41. The van der Waals surface area contributed by atoms with Crippen LogP contribution in [0, 0.1) is 5.92 Å². The number of hydrogen-bond acceptors (Lipinski definition) is 3. The Morgan fingerprint density at radius 2 is 1.72 bits per heavy atom. The van der Waals surface area contributed by atoms with E-state index in [0.717, 1.165) is 35.6 Å². The third kappa shape index (κ3) is 6.52. The van der Waals surface area contributed by atoms with E-state index in [4.69, 9.17) is 34.8 Å². The molecule has 5 nitrogen and oxygen atoms in total. The number of nitrogens with one attached hydrogen (secondary N) is 3. The molecular weight excluding hydrogens is 467 g/mol. The van der Waals surface area contributed by atoms with E-state index in [9.17, 15) is 4.79 Å². The Bertz CT molecular complexity index is 878. The van der Waals surface area contributed by atoms with E-state index in [1.165, 1.54) is 0 Å². The molecule has 0 saturated carbocycles. The van der Waals surface area contributed by atoms with Gasteiger partial charge in [0.25, 0.3) is 5.91 Å². The number of carbonyl (C=O) groups is 1. The summed E-state index contributed by atoms with van der Waals surface area (Å²) >= 11 is 18.7. The molecule has 2 aromatic carbocycles. The lowest BCUT2D eigenvalue weighted by Crippen LogP contribution is -3.16. The predicted octanol–water partition coefficient (Wildman–Crippen LogP) is 5.09. The highest BCUT2D eigenvalue weighted by molar-refractivity contribution is 6.36. The zero-order chi connectivity index (χ0) is 23.8. The molecule has 4 unspecified atom stereocenters. The van der Waals surface area contributed by atoms with Crippen LogP contribution in [0.5, 0.6) is 0 Å². The first-order chi connectivity index (χ1) is 15.3. The van der Waals surface area contributed by atoms with Gasteiger partial charge in [-0.2, -0.15) is 0 Å². The third-order valence-corrected chi connectivity index (χ3v) is 6.28. The number of quaternary nitrogens is 1. The number of rotatable bonds is 7. The van der Waals surface area contributed by atoms with Gasteiger partial charge < -0.3 is 0 Å². The zero-order valence-corrected chi connectivity index (χ0v) is 21.7. The average molecular weight is 501 g/mol. The Morgan fingerprint density at radius 3 is 2.31 bits per heavy atom. The second-order valence-corrected chi connectivity index (χ2v) is 9.08. The van der Waals surface area contributed by atoms with Crippen molar-refractivity contribution < 1.29 is 9.80 Å². The summed E-state index contributed by atoms with van der Waals surface area (Å²) in [4.78, 5) is 13.1. The molecule has 1 saturated heterocycles. The standard InChI is InChI=1S/C22H27Cl3N4O.C2H6/c1-4-5-12-28(3)27-22(30)20-14(2)21(15-6-8-16(23)9-7-15)29(26-20)19-11-10-17(24)13-18(19)25;1-2/h6-11,13-14,20-21,26H,4-5,12H2,1-3H3,(H,27,30);1-2H3/p+1. The monoisotopic (exact) mass is 499 g/mol. The first kappa shape index (κ1) is 26.7. The van der Waals surface area contributed by atoms with E-state index in [2.05, 4.69) is 24.7 Å². The minimum Gasteiger partial charge on any atom is -0.298 e. The summed E-state index contributed by atoms with van der Waals surface area (Å²) in [7, 11) is 1.97. The minimum absolute atomic E-state index is 0.0168. The van der Waals surface area contributed by atoms with E-state index in [0.29, 0.717) is 15.1 Å². The van der Waals surface area contributed by atoms with Crippen LogP contribution in [0.4, 0.5) is 5.69 Å². The molecule has 1 fully saturated rings. The number of hydrogen-bond donors (Lipinski definition) is 3. The number of unbranched alkanes of at least 4 members (excludes halogenated alkanes) is 1. The van der Waals surface area contributed by atoms with Gasteiger partial charge in [-0.3, -0.25) is 9.80 Å². The normalized spacial score (nSPS) is 21.0. The molecule has 1 aliphatic heterocycles. The Morgan fingerprint density at radius 1 is 1.09 bits per heavy atom. The van der Waals surface area contributed by atoms with Crippen LogP contribution in [-0.2, 0) is 4.79 Å². The lowest BCUT2D eigenvalue weighted by Gasteiger charge is -2.29. The maximum absolute atomic E-state index is 13.1. The van der Waals surface area contributed by atoms with Crippen molar-refractivity contribution >= 4 is 46.4 Å². The largest absolute Gasteiger partial charge is 0.298 e. The lowest BCUT2D eigenvalue weighted by molar-refractivity contribution is -0.917. The summed E-state index contributed by atoms with van der Waals surface area (Å²) in [6.07, 6.45) is 2.15. The van der Waals surface area contributed by atoms with Gasteiger partial charge in [0.2, 0.25) is 0 Å². The van der Waals surface area contributed by atoms with Gasteiger partial charge in [0.1, 0.15) is 6.04 Å². The smallest absolute Gasteiger partial charge is 0.284 e. The molecule has 0 aliphatic carbocycles. The van der Waals surface area contributed by atoms with Crippen molar-refractivity contribution in [2.45, 2.75) is 52.6 Å². The Hall–Kier alpha value is -1.50. The molecule has 3 N–H and O–H groups in total. The molecule has 1 heterocycles. The molecule has 1 amide bonds. The molecule has 0 radical (unpaired) electrons. The van der Waals surface area contributed by atoms with Gasteiger partial charge in [0.15, 0.2) is 0 Å². The number of anilines is 1. The van der Waals surface area contributed by atoms with Crippen molar-refractivity contribution in [2.75, 3.05) is 18.6 Å². The maximum atomic E-state index is 13.1. The summed E-state index contributed by atoms with van der Waals surface area (Å²) in [5.74, 6) is -0.0560. The number of halogens is 3. The van der Waals surface area contributed by atoms with Crippen LogP contribution in [0.2, 0.25) is 15.1 Å². The summed E-state index contributed by atoms with van der Waals surface area (Å²) < 4.78 is 0. The van der Waals surface area contributed by atoms with E-state index >= 15 is 0 Å². The quantitative estimate of drug-likeness (QED) is 0.464. The summed E-state index contributed by atoms with van der Waals surface area (Å²) in [5.41, 5.74) is 8.29. The van der Waals surface area contributed by atoms with Crippen LogP contribution < -0.4 is 20.9 Å². The third-order valence-electron chi connectivity index (χ3n) is 5.49. The maximum Gasteiger partial charge on any atom is 0.284 e. The lowest BCUT2D eigenvalue weighted by atomic mass is 9.90. The molecule has 32 heavy (non-hydrogen) atoms. The fraction of sp³-hybridized carbons (Fsp3) is 0.458. The molecule has 1 aliphatic rings. The van der Waals surface area contributed by atoms with Crippen LogP contribution >= 0.6 is 34.8 Å². The second kappa shape index (κ2) is 12.7. The summed E-state index contributed by atoms with van der Waals surface area (Å²) in [6, 6.07) is 12.6. The second-order valence-electron chi connectivity index (χ2n) is 7.80. The van der Waals surface area contributed by atoms with Crippen LogP contribution in [0.1, 0.15) is 52.1 Å². The van der Waals surface area contributed by atoms with E-state index < -0.39 is 6.04 Å². The minimum atomic E-state index is -0.408. The number of benzene rings is 2. The number of hydrazine groups is 1. The van der Waals surface area contributed by atoms with Crippen molar-refractivity contribution in [3.63, 3.8) is 0 Å². The Kier molecular flexibility index (Phi) is 10.6. The molecule has 2 aromatic rings. The fourth-order valence-corrected chi connectivity index (χ4v) is 4.49. The van der Waals surface area contributed by atoms with Gasteiger partial charge in [-0.25, -0.2) is 15.9 Å². The zero-order valence-electron chi connectivity index (χ0n) is 19.4. The van der Waals surface area contributed by atoms with Crippen LogP contribution in [0.15, 0.2) is 42.5 Å². The van der Waals surface area contributed by atoms with Crippen LogP contribution in [-0.4, -0.2) is 25.5 Å². The van der Waals surface area contributed by atoms with Gasteiger partial charge in [-0.15, -0.1) is 0 Å². The molecule has 8 heteroatoms. The molecule has 176 valence electrons. The van der Waals surface area contributed by atoms with Gasteiger partial charge in [0, 0.05) is 16.0 Å². The van der Waals surface area contributed by atoms with E-state index in [-0.39, 0.29) is 17.9 Å². The number of nitrogens with zero attached hydrogens (tertiary/aromatic N) is 1. The van der Waals surface area contributed by atoms with Crippen molar-refractivity contribution in [1.29, 1.82) is 0 Å². The first-order valence-electron chi connectivity index (χ1n) is 11.2. The number of amides is 1. The van der Waals surface area contributed by atoms with Crippen molar-refractivity contribution in [2.24, 2.45) is 5.92 Å². The topological polar surface area (TPSA) is 48.8 Å². The highest BCUT2D eigenvalue weighted by atomic mass is 35.5. The number of carbonyl (C=O) groups excluding carboxylic acids is 1. The average Bonchev–Trinajstić information content (AvgIpc) is 3.11. The first-order valence-corrected chi connectivity index (χ1v) is 12.3. The fourth-order valence-electron chi connectivity index (χ4n) is 3.86. The molecule has 0 bridgehead atoms. The highest BCUT2D eigenvalue weighted by Gasteiger charge is 2.44. The van der Waals surface area contributed by atoms with Gasteiger partial charge >= 0.3 is 0 Å². The molecular formula is C24H34Cl3N4O+. The van der Waals surface area contributed by atoms with Gasteiger partial charge in [-0.05, 0) is 42.3 Å². The van der Waals surface area contributed by atoms with Gasteiger partial charge in [-0.1, -0.05) is 81.1 Å². The van der Waals surface area contributed by atoms with E-state index in [1.807, 2.05) is 56.2 Å². The van der Waals surface area contributed by atoms with Gasteiger partial charge in [0.05, 0.1) is 30.3 Å². The SMILES string of the molecule is CC.CCCC[NH+](C)NC(=O)C1NN(c2ccc(Cl)cc2Cl)C(c2ccc(Cl)cc2)C1C. The van der Waals surface area contributed by atoms with E-state index in [1.54, 1.807) is 12.1 Å². The Balaban J connectivity index is 0.00000176. The van der Waals surface area contributed by atoms with Crippen LogP contribution in [0.3, 0.4) is 0 Å². The van der Waals surface area contributed by atoms with Crippen molar-refractivity contribution in [3.05, 3.63) is 63.1 Å². The van der Waals surface area contributed by atoms with Crippen molar-refractivity contribution in [1.82, 2.24) is 10.9 Å². The molecule has 0 aromatic heterocycles. The van der Waals surface area contributed by atoms with Crippen molar-refractivity contribution in [3.8, 4) is 0 Å². The summed E-state index contributed by atoms with van der Waals surface area (Å²) in [5, 5.41) is 4.71. The summed E-state index contributed by atoms with van der Waals surface area (Å²) in [6.45, 7) is 9.10. The Labute approximate surface area is 206 Å².